The summed E-state index contributed by atoms with van der Waals surface area (Å²) in [7, 11) is 1.19. The summed E-state index contributed by atoms with van der Waals surface area (Å²) < 4.78 is 182. The Hall–Kier alpha value is -3.80. The fourth-order valence-corrected chi connectivity index (χ4v) is 3.39. The number of alkyl halides is 13. The van der Waals surface area contributed by atoms with Crippen LogP contribution in [0, 0.1) is 0 Å². The quantitative estimate of drug-likeness (QED) is 0.231. The summed E-state index contributed by atoms with van der Waals surface area (Å²) in [5, 5.41) is 3.19. The van der Waals surface area contributed by atoms with Crippen molar-refractivity contribution in [2.75, 3.05) is 12.4 Å². The second kappa shape index (κ2) is 10.8. The molecule has 0 heterocycles. The third kappa shape index (κ3) is 6.33. The molecule has 0 unspecified atom stereocenters. The highest BCUT2D eigenvalue weighted by atomic mass is 19.4. The molecular weight excluding hydrogens is 613 g/mol. The second-order valence-electron chi connectivity index (χ2n) is 8.28. The average Bonchev–Trinajstić information content (AvgIpc) is 2.85. The topological polar surface area (TPSA) is 56.8 Å². The van der Waals surface area contributed by atoms with Crippen LogP contribution in [0.1, 0.15) is 15.9 Å². The van der Waals surface area contributed by atoms with Gasteiger partial charge in [-0.15, -0.1) is 13.2 Å². The maximum Gasteiger partial charge on any atom is 0.527 e. The van der Waals surface area contributed by atoms with E-state index in [1.165, 1.54) is 19.2 Å². The van der Waals surface area contributed by atoms with Gasteiger partial charge >= 0.3 is 36.5 Å². The number of hydrogen-bond acceptors (Lipinski definition) is 4. The maximum atomic E-state index is 14.6. The molecule has 5 nitrogen and oxygen atoms in total. The van der Waals surface area contributed by atoms with Gasteiger partial charge in [0.05, 0.1) is 12.7 Å². The lowest BCUT2D eigenvalue weighted by atomic mass is 10.0. The summed E-state index contributed by atoms with van der Waals surface area (Å²) in [4.78, 5) is 12.8. The summed E-state index contributed by atoms with van der Waals surface area (Å²) in [6.45, 7) is 0. The van der Waals surface area contributed by atoms with Gasteiger partial charge in [-0.2, -0.15) is 43.9 Å². The Labute approximate surface area is 225 Å². The molecule has 0 radical (unpaired) electrons. The molecule has 18 heteroatoms. The second-order valence-corrected chi connectivity index (χ2v) is 8.28. The van der Waals surface area contributed by atoms with Gasteiger partial charge in [-0.3, -0.25) is 4.79 Å². The van der Waals surface area contributed by atoms with E-state index in [1.807, 2.05) is 5.32 Å². The number of methoxy groups -OCH3 is 1. The Kier molecular flexibility index (Phi) is 8.41. The maximum absolute atomic E-state index is 14.6. The van der Waals surface area contributed by atoms with Crippen molar-refractivity contribution in [1.29, 1.82) is 0 Å². The summed E-state index contributed by atoms with van der Waals surface area (Å²) >= 11 is 0. The fraction of sp³-hybridized carbons (Fsp3) is 0.292. The molecule has 0 saturated heterocycles. The highest BCUT2D eigenvalue weighted by Gasteiger charge is 2.80. The van der Waals surface area contributed by atoms with Gasteiger partial charge in [-0.1, -0.05) is 36.4 Å². The molecule has 0 aliphatic carbocycles. The predicted octanol–water partition coefficient (Wildman–Crippen LogP) is 8.16. The van der Waals surface area contributed by atoms with Crippen molar-refractivity contribution in [3.05, 3.63) is 71.8 Å². The summed E-state index contributed by atoms with van der Waals surface area (Å²) in [5.41, 5.74) is -2.82. The Balaban J connectivity index is 1.89. The van der Waals surface area contributed by atoms with Crippen LogP contribution in [0.2, 0.25) is 0 Å². The zero-order chi connectivity index (χ0) is 31.9. The Morgan fingerprint density at radius 3 is 1.76 bits per heavy atom. The van der Waals surface area contributed by atoms with Gasteiger partial charge in [0.25, 0.3) is 5.91 Å². The fourth-order valence-electron chi connectivity index (χ4n) is 3.39. The Morgan fingerprint density at radius 2 is 1.21 bits per heavy atom. The number of ether oxygens (including phenoxy) is 3. The van der Waals surface area contributed by atoms with Crippen LogP contribution >= 0.6 is 0 Å². The number of halogens is 13. The van der Waals surface area contributed by atoms with Crippen LogP contribution in [0.5, 0.6) is 5.75 Å². The molecule has 230 valence electrons. The number of anilines is 1. The van der Waals surface area contributed by atoms with Crippen molar-refractivity contribution in [2.45, 2.75) is 36.5 Å². The standard InChI is InChI=1S/C24H14F13NO4/c1-40-17-10-13-6-3-2-5-12(13)9-16(17)18(39)38-15-8-4-7-14(11-15)19(25,26)21(29,30)41-22(31,32)20(27,28)23(33,34)42-24(35,36)37/h2-11H,1H3,(H,38,39). The number of rotatable bonds is 10. The van der Waals surface area contributed by atoms with Crippen molar-refractivity contribution in [1.82, 2.24) is 0 Å². The molecule has 0 aliphatic rings. The third-order valence-electron chi connectivity index (χ3n) is 5.39. The van der Waals surface area contributed by atoms with Gasteiger partial charge in [0.15, 0.2) is 0 Å². The van der Waals surface area contributed by atoms with Gasteiger partial charge < -0.3 is 10.1 Å². The summed E-state index contributed by atoms with van der Waals surface area (Å²) in [5.74, 6) is -14.6. The van der Waals surface area contributed by atoms with Gasteiger partial charge in [-0.05, 0) is 35.0 Å². The number of benzene rings is 3. The van der Waals surface area contributed by atoms with Gasteiger partial charge in [0, 0.05) is 11.3 Å². The lowest BCUT2D eigenvalue weighted by Crippen LogP contribution is -2.61. The molecule has 0 atom stereocenters. The first-order valence-corrected chi connectivity index (χ1v) is 10.9. The monoisotopic (exact) mass is 627 g/mol. The van der Waals surface area contributed by atoms with Gasteiger partial charge in [-0.25, -0.2) is 9.47 Å². The van der Waals surface area contributed by atoms with Crippen LogP contribution in [-0.4, -0.2) is 43.6 Å². The van der Waals surface area contributed by atoms with Crippen LogP contribution in [0.3, 0.4) is 0 Å². The van der Waals surface area contributed by atoms with Crippen molar-refractivity contribution in [2.24, 2.45) is 0 Å². The highest BCUT2D eigenvalue weighted by molar-refractivity contribution is 6.08. The van der Waals surface area contributed by atoms with Crippen LogP contribution in [-0.2, 0) is 15.4 Å². The van der Waals surface area contributed by atoms with Crippen molar-refractivity contribution in [3.8, 4) is 5.75 Å². The van der Waals surface area contributed by atoms with E-state index in [-0.39, 0.29) is 23.4 Å². The molecule has 0 spiro atoms. The van der Waals surface area contributed by atoms with Crippen LogP contribution in [0.15, 0.2) is 60.7 Å². The van der Waals surface area contributed by atoms with Crippen molar-refractivity contribution >= 4 is 22.4 Å². The number of nitrogens with one attached hydrogen (secondary N) is 1. The summed E-state index contributed by atoms with van der Waals surface area (Å²) in [6.07, 6.45) is -28.0. The van der Waals surface area contributed by atoms with E-state index < -0.39 is 53.7 Å². The van der Waals surface area contributed by atoms with E-state index in [1.54, 1.807) is 29.0 Å². The summed E-state index contributed by atoms with van der Waals surface area (Å²) in [6, 6.07) is 11.0. The number of fused-ring (bicyclic) bond motifs is 1. The number of carbonyl (C=O) groups excluding carboxylic acids is 1. The largest absolute Gasteiger partial charge is 0.527 e. The molecule has 3 aromatic rings. The molecule has 3 aromatic carbocycles. The molecule has 0 fully saturated rings. The average molecular weight is 627 g/mol. The van der Waals surface area contributed by atoms with E-state index in [2.05, 4.69) is 4.74 Å². The number of amides is 1. The number of carbonyl (C=O) groups is 1. The predicted molar refractivity (Wildman–Crippen MR) is 117 cm³/mol. The highest BCUT2D eigenvalue weighted by Crippen LogP contribution is 2.54. The van der Waals surface area contributed by atoms with E-state index in [4.69, 9.17) is 4.74 Å². The minimum absolute atomic E-state index is 0.0120. The lowest BCUT2D eigenvalue weighted by molar-refractivity contribution is -0.535. The SMILES string of the molecule is COc1cc2ccccc2cc1C(=O)Nc1cccc(C(F)(F)C(F)(F)OC(F)(F)C(F)(F)C(F)(F)OC(F)(F)F)c1. The van der Waals surface area contributed by atoms with E-state index in [0.29, 0.717) is 16.8 Å². The normalized spacial score (nSPS) is 13.8. The molecule has 1 N–H and O–H groups in total. The van der Waals surface area contributed by atoms with Crippen LogP contribution in [0.25, 0.3) is 10.8 Å². The lowest BCUT2D eigenvalue weighted by Gasteiger charge is -2.35. The van der Waals surface area contributed by atoms with E-state index in [0.717, 1.165) is 6.07 Å². The number of hydrogen-bond donors (Lipinski definition) is 1. The zero-order valence-corrected chi connectivity index (χ0v) is 20.3. The molecule has 1 amide bonds. The molecular formula is C24H14F13NO4. The smallest absolute Gasteiger partial charge is 0.496 e. The van der Waals surface area contributed by atoms with Gasteiger partial charge in [0.1, 0.15) is 5.75 Å². The molecule has 0 saturated carbocycles. The molecule has 0 aromatic heterocycles. The Morgan fingerprint density at radius 1 is 0.667 bits per heavy atom. The minimum atomic E-state index is -7.54. The van der Waals surface area contributed by atoms with Crippen molar-refractivity contribution in [3.63, 3.8) is 0 Å². The zero-order valence-electron chi connectivity index (χ0n) is 20.3. The van der Waals surface area contributed by atoms with E-state index in [9.17, 15) is 61.9 Å². The third-order valence-corrected chi connectivity index (χ3v) is 5.39. The first kappa shape index (κ1) is 32.7. The first-order chi connectivity index (χ1) is 19.0. The first-order valence-electron chi connectivity index (χ1n) is 10.9. The minimum Gasteiger partial charge on any atom is -0.496 e. The van der Waals surface area contributed by atoms with Gasteiger partial charge in [0.2, 0.25) is 0 Å². The molecule has 0 aliphatic heterocycles. The molecule has 0 bridgehead atoms. The van der Waals surface area contributed by atoms with Crippen molar-refractivity contribution < 1.29 is 76.1 Å². The van der Waals surface area contributed by atoms with Crippen LogP contribution in [0.4, 0.5) is 62.8 Å². The van der Waals surface area contributed by atoms with E-state index >= 15 is 0 Å². The molecule has 3 rings (SSSR count). The Bertz CT molecular complexity index is 1460. The molecule has 42 heavy (non-hydrogen) atoms. The van der Waals surface area contributed by atoms with Crippen LogP contribution < -0.4 is 10.1 Å².